The second-order valence-electron chi connectivity index (χ2n) is 7.47. The van der Waals surface area contributed by atoms with Crippen molar-refractivity contribution in [1.82, 2.24) is 4.90 Å². The van der Waals surface area contributed by atoms with Gasteiger partial charge in [0.05, 0.1) is 18.7 Å². The summed E-state index contributed by atoms with van der Waals surface area (Å²) in [5.41, 5.74) is 2.47. The third kappa shape index (κ3) is 3.59. The van der Waals surface area contributed by atoms with E-state index >= 15 is 0 Å². The van der Waals surface area contributed by atoms with Crippen LogP contribution < -0.4 is 5.32 Å². The standard InChI is InChI=1S/C24H20N2O4/c27-23-13-18(14-26(23)15-20-5-3-11-29-20)24(28)25-19-9-7-16(8-10-19)22-12-17-4-1-2-6-21(17)30-22/h1-12,18H,13-15H2,(H,25,28)/t18-/m1/s1. The van der Waals surface area contributed by atoms with Crippen LogP contribution >= 0.6 is 0 Å². The van der Waals surface area contributed by atoms with Crippen molar-refractivity contribution in [2.75, 3.05) is 11.9 Å². The zero-order chi connectivity index (χ0) is 20.5. The predicted molar refractivity (Wildman–Crippen MR) is 113 cm³/mol. The first-order valence-electron chi connectivity index (χ1n) is 9.86. The fourth-order valence-corrected chi connectivity index (χ4v) is 3.78. The Bertz CT molecular complexity index is 1160. The Morgan fingerprint density at radius 1 is 1.07 bits per heavy atom. The van der Waals surface area contributed by atoms with Crippen LogP contribution in [0.5, 0.6) is 0 Å². The minimum absolute atomic E-state index is 0.0354. The van der Waals surface area contributed by atoms with Crippen LogP contribution in [0.4, 0.5) is 5.69 Å². The molecule has 0 unspecified atom stereocenters. The minimum Gasteiger partial charge on any atom is -0.467 e. The van der Waals surface area contributed by atoms with Gasteiger partial charge in [-0.1, -0.05) is 18.2 Å². The number of hydrogen-bond acceptors (Lipinski definition) is 4. The number of likely N-dealkylation sites (tertiary alicyclic amines) is 1. The first kappa shape index (κ1) is 18.2. The number of carbonyl (C=O) groups excluding carboxylic acids is 2. The Labute approximate surface area is 173 Å². The molecule has 2 aromatic heterocycles. The summed E-state index contributed by atoms with van der Waals surface area (Å²) < 4.78 is 11.2. The molecular weight excluding hydrogens is 380 g/mol. The highest BCUT2D eigenvalue weighted by Crippen LogP contribution is 2.29. The number of fused-ring (bicyclic) bond motifs is 1. The Hall–Kier alpha value is -3.80. The van der Waals surface area contributed by atoms with E-state index in [0.29, 0.717) is 24.5 Å². The summed E-state index contributed by atoms with van der Waals surface area (Å²) in [6, 6.07) is 21.0. The molecule has 0 aliphatic carbocycles. The monoisotopic (exact) mass is 400 g/mol. The van der Waals surface area contributed by atoms with E-state index in [9.17, 15) is 9.59 Å². The highest BCUT2D eigenvalue weighted by molar-refractivity contribution is 5.97. The van der Waals surface area contributed by atoms with Gasteiger partial charge in [-0.15, -0.1) is 0 Å². The van der Waals surface area contributed by atoms with Crippen molar-refractivity contribution in [2.24, 2.45) is 5.92 Å². The number of nitrogens with zero attached hydrogens (tertiary/aromatic N) is 1. The van der Waals surface area contributed by atoms with Gasteiger partial charge in [0.25, 0.3) is 0 Å². The van der Waals surface area contributed by atoms with E-state index < -0.39 is 0 Å². The second-order valence-corrected chi connectivity index (χ2v) is 7.47. The number of para-hydroxylation sites is 1. The molecule has 30 heavy (non-hydrogen) atoms. The topological polar surface area (TPSA) is 75.7 Å². The summed E-state index contributed by atoms with van der Waals surface area (Å²) >= 11 is 0. The van der Waals surface area contributed by atoms with Crippen LogP contribution in [0.2, 0.25) is 0 Å². The highest BCUT2D eigenvalue weighted by atomic mass is 16.3. The SMILES string of the molecule is O=C(Nc1ccc(-c2cc3ccccc3o2)cc1)[C@@H]1CC(=O)N(Cc2ccco2)C1. The van der Waals surface area contributed by atoms with Crippen molar-refractivity contribution in [3.05, 3.63) is 78.8 Å². The maximum atomic E-state index is 12.6. The number of carbonyl (C=O) groups is 2. The fourth-order valence-electron chi connectivity index (χ4n) is 3.78. The molecule has 1 aliphatic rings. The molecule has 6 nitrogen and oxygen atoms in total. The van der Waals surface area contributed by atoms with Gasteiger partial charge in [0.2, 0.25) is 11.8 Å². The van der Waals surface area contributed by atoms with E-state index in [-0.39, 0.29) is 24.2 Å². The van der Waals surface area contributed by atoms with Gasteiger partial charge in [-0.25, -0.2) is 0 Å². The summed E-state index contributed by atoms with van der Waals surface area (Å²) in [6.45, 7) is 0.782. The molecule has 4 aromatic rings. The molecule has 150 valence electrons. The van der Waals surface area contributed by atoms with Crippen LogP contribution in [0.3, 0.4) is 0 Å². The first-order valence-corrected chi connectivity index (χ1v) is 9.86. The normalized spacial score (nSPS) is 16.3. The van der Waals surface area contributed by atoms with Gasteiger partial charge < -0.3 is 19.1 Å². The van der Waals surface area contributed by atoms with Crippen molar-refractivity contribution in [3.8, 4) is 11.3 Å². The Morgan fingerprint density at radius 2 is 1.90 bits per heavy atom. The molecule has 1 fully saturated rings. The van der Waals surface area contributed by atoms with E-state index in [4.69, 9.17) is 8.83 Å². The van der Waals surface area contributed by atoms with Crippen LogP contribution in [0.25, 0.3) is 22.3 Å². The summed E-state index contributed by atoms with van der Waals surface area (Å²) in [4.78, 5) is 26.5. The molecule has 6 heteroatoms. The van der Waals surface area contributed by atoms with Gasteiger partial charge in [0.15, 0.2) is 0 Å². The quantitative estimate of drug-likeness (QED) is 0.528. The lowest BCUT2D eigenvalue weighted by Gasteiger charge is -2.15. The molecule has 0 radical (unpaired) electrons. The van der Waals surface area contributed by atoms with E-state index in [2.05, 4.69) is 5.32 Å². The van der Waals surface area contributed by atoms with Crippen molar-refractivity contribution in [3.63, 3.8) is 0 Å². The number of furan rings is 2. The van der Waals surface area contributed by atoms with Gasteiger partial charge in [-0.3, -0.25) is 9.59 Å². The first-order chi connectivity index (χ1) is 14.7. The van der Waals surface area contributed by atoms with Gasteiger partial charge in [0, 0.05) is 29.6 Å². The lowest BCUT2D eigenvalue weighted by molar-refractivity contribution is -0.128. The molecule has 0 saturated carbocycles. The molecule has 2 amide bonds. The van der Waals surface area contributed by atoms with Crippen molar-refractivity contribution >= 4 is 28.5 Å². The maximum absolute atomic E-state index is 12.6. The molecule has 0 bridgehead atoms. The summed E-state index contributed by atoms with van der Waals surface area (Å²) in [7, 11) is 0. The van der Waals surface area contributed by atoms with Crippen molar-refractivity contribution in [2.45, 2.75) is 13.0 Å². The molecule has 2 aromatic carbocycles. The van der Waals surface area contributed by atoms with Crippen LogP contribution in [0.15, 0.2) is 81.8 Å². The van der Waals surface area contributed by atoms with E-state index in [1.54, 1.807) is 17.2 Å². The number of rotatable bonds is 5. The van der Waals surface area contributed by atoms with E-state index in [0.717, 1.165) is 22.3 Å². The molecule has 5 rings (SSSR count). The minimum atomic E-state index is -0.373. The van der Waals surface area contributed by atoms with Gasteiger partial charge in [-0.05, 0) is 48.5 Å². The Kier molecular flexibility index (Phi) is 4.59. The van der Waals surface area contributed by atoms with Crippen molar-refractivity contribution < 1.29 is 18.4 Å². The summed E-state index contributed by atoms with van der Waals surface area (Å²) in [5.74, 6) is 0.936. The lowest BCUT2D eigenvalue weighted by atomic mass is 10.1. The van der Waals surface area contributed by atoms with Crippen LogP contribution in [0.1, 0.15) is 12.2 Å². The Balaban J connectivity index is 1.23. The maximum Gasteiger partial charge on any atom is 0.229 e. The third-order valence-corrected chi connectivity index (χ3v) is 5.37. The zero-order valence-electron chi connectivity index (χ0n) is 16.2. The van der Waals surface area contributed by atoms with Crippen LogP contribution in [-0.4, -0.2) is 23.3 Å². The Morgan fingerprint density at radius 3 is 2.67 bits per heavy atom. The van der Waals surface area contributed by atoms with E-state index in [1.807, 2.05) is 60.7 Å². The van der Waals surface area contributed by atoms with Gasteiger partial charge in [-0.2, -0.15) is 0 Å². The zero-order valence-corrected chi connectivity index (χ0v) is 16.2. The molecule has 1 aliphatic heterocycles. The smallest absolute Gasteiger partial charge is 0.229 e. The molecule has 3 heterocycles. The highest BCUT2D eigenvalue weighted by Gasteiger charge is 2.34. The molecule has 1 atom stereocenters. The fraction of sp³-hybridized carbons (Fsp3) is 0.167. The number of anilines is 1. The van der Waals surface area contributed by atoms with E-state index in [1.165, 1.54) is 0 Å². The molecular formula is C24H20N2O4. The number of nitrogens with one attached hydrogen (secondary N) is 1. The number of hydrogen-bond donors (Lipinski definition) is 1. The lowest BCUT2D eigenvalue weighted by Crippen LogP contribution is -2.27. The third-order valence-electron chi connectivity index (χ3n) is 5.37. The van der Waals surface area contributed by atoms with Gasteiger partial charge in [0.1, 0.15) is 17.1 Å². The molecule has 0 spiro atoms. The van der Waals surface area contributed by atoms with Gasteiger partial charge >= 0.3 is 0 Å². The number of benzene rings is 2. The number of amides is 2. The summed E-state index contributed by atoms with van der Waals surface area (Å²) in [6.07, 6.45) is 1.79. The largest absolute Gasteiger partial charge is 0.467 e. The average Bonchev–Trinajstić information content (AvgIpc) is 3.49. The van der Waals surface area contributed by atoms with Crippen LogP contribution in [-0.2, 0) is 16.1 Å². The molecule has 1 saturated heterocycles. The second kappa shape index (κ2) is 7.55. The van der Waals surface area contributed by atoms with Crippen molar-refractivity contribution in [1.29, 1.82) is 0 Å². The average molecular weight is 400 g/mol. The summed E-state index contributed by atoms with van der Waals surface area (Å²) in [5, 5.41) is 3.97. The molecule has 1 N–H and O–H groups in total. The predicted octanol–water partition coefficient (Wildman–Crippen LogP) is 4.68. The van der Waals surface area contributed by atoms with Crippen LogP contribution in [0, 0.1) is 5.92 Å².